The lowest BCUT2D eigenvalue weighted by Gasteiger charge is -2.26. The second-order valence-electron chi connectivity index (χ2n) is 7.45. The molecule has 1 heterocycles. The second-order valence-corrected chi connectivity index (χ2v) is 7.45. The molecule has 2 N–H and O–H groups in total. The second kappa shape index (κ2) is 4.32. The van der Waals surface area contributed by atoms with Crippen LogP contribution in [0.25, 0.3) is 0 Å². The summed E-state index contributed by atoms with van der Waals surface area (Å²) in [4.78, 5) is 0. The fourth-order valence-corrected chi connectivity index (χ4v) is 3.73. The summed E-state index contributed by atoms with van der Waals surface area (Å²) < 4.78 is 0. The molecule has 104 valence electrons. The third-order valence-corrected chi connectivity index (χ3v) is 4.97. The van der Waals surface area contributed by atoms with Crippen LogP contribution in [-0.4, -0.2) is 18.2 Å². The summed E-state index contributed by atoms with van der Waals surface area (Å²) in [5.74, 6) is 1.32. The molecule has 2 fully saturated rings. The lowest BCUT2D eigenvalue weighted by molar-refractivity contribution is 0.0358. The molecular weight excluding hydrogens is 234 g/mol. The van der Waals surface area contributed by atoms with Gasteiger partial charge in [-0.25, -0.2) is 0 Å². The van der Waals surface area contributed by atoms with E-state index in [1.807, 2.05) is 0 Å². The maximum Gasteiger partial charge on any atom is 0.0903 e. The highest BCUT2D eigenvalue weighted by atomic mass is 16.3. The molecule has 2 nitrogen and oxygen atoms in total. The van der Waals surface area contributed by atoms with E-state index in [-0.39, 0.29) is 5.41 Å². The number of rotatable bonds is 1. The average molecular weight is 259 g/mol. The van der Waals surface area contributed by atoms with Crippen LogP contribution >= 0.6 is 0 Å². The summed E-state index contributed by atoms with van der Waals surface area (Å²) in [6, 6.07) is 8.63. The summed E-state index contributed by atoms with van der Waals surface area (Å²) in [6.45, 7) is 8.83. The molecule has 1 saturated carbocycles. The van der Waals surface area contributed by atoms with E-state index in [1.165, 1.54) is 5.56 Å². The minimum Gasteiger partial charge on any atom is -0.385 e. The SMILES string of the molecule is CC(C)(C)c1ccc(C2(O)CC3CNCC3C2)cc1. The zero-order chi connectivity index (χ0) is 13.7. The largest absolute Gasteiger partial charge is 0.385 e. The van der Waals surface area contributed by atoms with Gasteiger partial charge in [0.25, 0.3) is 0 Å². The predicted octanol–water partition coefficient (Wildman–Crippen LogP) is 2.80. The van der Waals surface area contributed by atoms with E-state index in [2.05, 4.69) is 50.4 Å². The molecule has 3 rings (SSSR count). The first-order valence-electron chi connectivity index (χ1n) is 7.43. The van der Waals surface area contributed by atoms with Crippen LogP contribution in [-0.2, 0) is 11.0 Å². The number of hydrogen-bond donors (Lipinski definition) is 2. The van der Waals surface area contributed by atoms with Crippen LogP contribution in [0.2, 0.25) is 0 Å². The molecule has 1 aliphatic heterocycles. The highest BCUT2D eigenvalue weighted by molar-refractivity contribution is 5.32. The minimum absolute atomic E-state index is 0.178. The third-order valence-electron chi connectivity index (χ3n) is 4.97. The van der Waals surface area contributed by atoms with Crippen LogP contribution in [0.1, 0.15) is 44.7 Å². The Labute approximate surface area is 116 Å². The summed E-state index contributed by atoms with van der Waals surface area (Å²) >= 11 is 0. The Morgan fingerprint density at radius 1 is 1.05 bits per heavy atom. The lowest BCUT2D eigenvalue weighted by atomic mass is 9.84. The molecule has 0 radical (unpaired) electrons. The molecule has 1 saturated heterocycles. The van der Waals surface area contributed by atoms with Gasteiger partial charge in [0, 0.05) is 0 Å². The first-order chi connectivity index (χ1) is 8.88. The Morgan fingerprint density at radius 2 is 1.58 bits per heavy atom. The van der Waals surface area contributed by atoms with Crippen molar-refractivity contribution in [3.63, 3.8) is 0 Å². The smallest absolute Gasteiger partial charge is 0.0903 e. The Bertz CT molecular complexity index is 445. The monoisotopic (exact) mass is 259 g/mol. The molecule has 1 aromatic rings. The summed E-state index contributed by atoms with van der Waals surface area (Å²) in [5, 5.41) is 14.4. The van der Waals surface area contributed by atoms with E-state index in [4.69, 9.17) is 0 Å². The van der Waals surface area contributed by atoms with Gasteiger partial charge in [0.05, 0.1) is 5.60 Å². The Hall–Kier alpha value is -0.860. The maximum atomic E-state index is 10.9. The van der Waals surface area contributed by atoms with Gasteiger partial charge in [-0.1, -0.05) is 45.0 Å². The van der Waals surface area contributed by atoms with E-state index in [9.17, 15) is 5.11 Å². The zero-order valence-electron chi connectivity index (χ0n) is 12.2. The molecular formula is C17H25NO. The molecule has 2 unspecified atom stereocenters. The van der Waals surface area contributed by atoms with Crippen LogP contribution in [0, 0.1) is 11.8 Å². The van der Waals surface area contributed by atoms with Crippen molar-refractivity contribution in [1.82, 2.24) is 5.32 Å². The fourth-order valence-electron chi connectivity index (χ4n) is 3.73. The van der Waals surface area contributed by atoms with E-state index in [0.29, 0.717) is 11.8 Å². The quantitative estimate of drug-likeness (QED) is 0.813. The Kier molecular flexibility index (Phi) is 2.99. The van der Waals surface area contributed by atoms with E-state index in [1.54, 1.807) is 0 Å². The molecule has 2 heteroatoms. The molecule has 1 aliphatic carbocycles. The molecule has 0 aromatic heterocycles. The maximum absolute atomic E-state index is 10.9. The van der Waals surface area contributed by atoms with Crippen LogP contribution in [0.3, 0.4) is 0 Å². The first kappa shape index (κ1) is 13.1. The van der Waals surface area contributed by atoms with Gasteiger partial charge < -0.3 is 10.4 Å². The zero-order valence-corrected chi connectivity index (χ0v) is 12.2. The highest BCUT2D eigenvalue weighted by Gasteiger charge is 2.46. The van der Waals surface area contributed by atoms with Gasteiger partial charge in [0.1, 0.15) is 0 Å². The fraction of sp³-hybridized carbons (Fsp3) is 0.647. The number of nitrogens with one attached hydrogen (secondary N) is 1. The van der Waals surface area contributed by atoms with Gasteiger partial charge in [-0.3, -0.25) is 0 Å². The Morgan fingerprint density at radius 3 is 2.05 bits per heavy atom. The summed E-state index contributed by atoms with van der Waals surface area (Å²) in [6.07, 6.45) is 1.83. The first-order valence-corrected chi connectivity index (χ1v) is 7.43. The van der Waals surface area contributed by atoms with E-state index >= 15 is 0 Å². The highest BCUT2D eigenvalue weighted by Crippen LogP contribution is 2.47. The van der Waals surface area contributed by atoms with Gasteiger partial charge in [-0.15, -0.1) is 0 Å². The Balaban J connectivity index is 1.83. The van der Waals surface area contributed by atoms with Crippen molar-refractivity contribution < 1.29 is 5.11 Å². The van der Waals surface area contributed by atoms with Crippen LogP contribution in [0.15, 0.2) is 24.3 Å². The molecule has 19 heavy (non-hydrogen) atoms. The standard InChI is InChI=1S/C17H25NO/c1-16(2,3)14-4-6-15(7-5-14)17(19)8-12-10-18-11-13(12)9-17/h4-7,12-13,18-19H,8-11H2,1-3H3. The van der Waals surface area contributed by atoms with Gasteiger partial charge in [-0.2, -0.15) is 0 Å². The molecule has 0 amide bonds. The van der Waals surface area contributed by atoms with Gasteiger partial charge in [0.2, 0.25) is 0 Å². The molecule has 0 spiro atoms. The van der Waals surface area contributed by atoms with Gasteiger partial charge in [-0.05, 0) is 54.3 Å². The van der Waals surface area contributed by atoms with Crippen molar-refractivity contribution in [2.45, 2.75) is 44.6 Å². The third kappa shape index (κ3) is 2.32. The van der Waals surface area contributed by atoms with Gasteiger partial charge >= 0.3 is 0 Å². The van der Waals surface area contributed by atoms with Crippen LogP contribution in [0.5, 0.6) is 0 Å². The predicted molar refractivity (Wildman–Crippen MR) is 78.1 cm³/mol. The lowest BCUT2D eigenvalue weighted by Crippen LogP contribution is -2.25. The molecule has 1 aromatic carbocycles. The van der Waals surface area contributed by atoms with Crippen molar-refractivity contribution >= 4 is 0 Å². The van der Waals surface area contributed by atoms with Gasteiger partial charge in [0.15, 0.2) is 0 Å². The van der Waals surface area contributed by atoms with E-state index in [0.717, 1.165) is 31.5 Å². The summed E-state index contributed by atoms with van der Waals surface area (Å²) in [7, 11) is 0. The molecule has 2 atom stereocenters. The topological polar surface area (TPSA) is 32.3 Å². The number of aliphatic hydroxyl groups is 1. The van der Waals surface area contributed by atoms with Crippen molar-refractivity contribution in [2.24, 2.45) is 11.8 Å². The van der Waals surface area contributed by atoms with Crippen molar-refractivity contribution in [2.75, 3.05) is 13.1 Å². The van der Waals surface area contributed by atoms with Crippen LogP contribution in [0.4, 0.5) is 0 Å². The van der Waals surface area contributed by atoms with Crippen molar-refractivity contribution in [3.05, 3.63) is 35.4 Å². The number of fused-ring (bicyclic) bond motifs is 1. The van der Waals surface area contributed by atoms with Crippen LogP contribution < -0.4 is 5.32 Å². The molecule has 2 aliphatic rings. The normalized spacial score (nSPS) is 34.5. The number of benzene rings is 1. The minimum atomic E-state index is -0.589. The molecule has 0 bridgehead atoms. The average Bonchev–Trinajstić information content (AvgIpc) is 2.87. The van der Waals surface area contributed by atoms with Crippen molar-refractivity contribution in [1.29, 1.82) is 0 Å². The number of hydrogen-bond acceptors (Lipinski definition) is 2. The summed E-state index contributed by atoms with van der Waals surface area (Å²) in [5.41, 5.74) is 2.03. The van der Waals surface area contributed by atoms with Crippen molar-refractivity contribution in [3.8, 4) is 0 Å². The van der Waals surface area contributed by atoms with E-state index < -0.39 is 5.60 Å².